The van der Waals surface area contributed by atoms with Crippen LogP contribution in [0.1, 0.15) is 21.6 Å². The summed E-state index contributed by atoms with van der Waals surface area (Å²) in [5, 5.41) is 14.6. The Kier molecular flexibility index (Phi) is 3.47. The van der Waals surface area contributed by atoms with Gasteiger partial charge in [0.1, 0.15) is 11.4 Å². The lowest BCUT2D eigenvalue weighted by atomic mass is 10.0. The number of aromatic hydroxyl groups is 1. The molecule has 5 heteroatoms. The van der Waals surface area contributed by atoms with Crippen molar-refractivity contribution in [1.82, 2.24) is 9.78 Å². The fraction of sp³-hybridized carbons (Fsp3) is 0.0588. The molecule has 110 valence electrons. The maximum Gasteiger partial charge on any atom is 0.225 e. The monoisotopic (exact) mass is 296 g/mol. The quantitative estimate of drug-likeness (QED) is 0.755. The van der Waals surface area contributed by atoms with Crippen molar-refractivity contribution in [3.8, 4) is 11.6 Å². The summed E-state index contributed by atoms with van der Waals surface area (Å²) < 4.78 is 14.6. The number of hydrogen-bond donors (Lipinski definition) is 1. The zero-order valence-corrected chi connectivity index (χ0v) is 11.8. The fourth-order valence-corrected chi connectivity index (χ4v) is 2.30. The topological polar surface area (TPSA) is 55.1 Å². The summed E-state index contributed by atoms with van der Waals surface area (Å²) in [6.07, 6.45) is 0. The van der Waals surface area contributed by atoms with Gasteiger partial charge in [0.05, 0.1) is 11.4 Å². The number of hydrogen-bond acceptors (Lipinski definition) is 3. The molecule has 3 rings (SSSR count). The number of aromatic nitrogens is 2. The first-order valence-electron chi connectivity index (χ1n) is 6.72. The molecule has 0 aliphatic heterocycles. The Labute approximate surface area is 126 Å². The molecule has 0 atom stereocenters. The lowest BCUT2D eigenvalue weighted by Crippen LogP contribution is -2.03. The highest BCUT2D eigenvalue weighted by molar-refractivity contribution is 6.11. The number of halogens is 1. The Balaban J connectivity index is 2.09. The molecule has 0 unspecified atom stereocenters. The summed E-state index contributed by atoms with van der Waals surface area (Å²) in [6, 6.07) is 14.3. The van der Waals surface area contributed by atoms with Crippen molar-refractivity contribution < 1.29 is 14.3 Å². The Hall–Kier alpha value is -2.95. The summed E-state index contributed by atoms with van der Waals surface area (Å²) >= 11 is 0. The molecular weight excluding hydrogens is 283 g/mol. The van der Waals surface area contributed by atoms with E-state index in [1.165, 1.54) is 22.9 Å². The molecule has 3 aromatic rings. The van der Waals surface area contributed by atoms with Crippen LogP contribution in [0.5, 0.6) is 5.88 Å². The normalized spacial score (nSPS) is 10.6. The number of rotatable bonds is 3. The van der Waals surface area contributed by atoms with Crippen LogP contribution in [0.4, 0.5) is 4.39 Å². The van der Waals surface area contributed by atoms with E-state index in [0.29, 0.717) is 11.4 Å². The summed E-state index contributed by atoms with van der Waals surface area (Å²) in [7, 11) is 0. The van der Waals surface area contributed by atoms with Gasteiger partial charge in [0.15, 0.2) is 5.78 Å². The number of para-hydroxylation sites is 1. The molecule has 2 aromatic carbocycles. The van der Waals surface area contributed by atoms with Crippen LogP contribution in [0.25, 0.3) is 5.69 Å². The molecule has 1 aromatic heterocycles. The molecular formula is C17H13FN2O2. The highest BCUT2D eigenvalue weighted by Crippen LogP contribution is 2.27. The van der Waals surface area contributed by atoms with Crippen LogP contribution in [0, 0.1) is 12.7 Å². The van der Waals surface area contributed by atoms with Crippen molar-refractivity contribution in [3.05, 3.63) is 77.2 Å². The summed E-state index contributed by atoms with van der Waals surface area (Å²) in [5.41, 5.74) is 1.28. The van der Waals surface area contributed by atoms with Crippen LogP contribution in [0.15, 0.2) is 54.6 Å². The van der Waals surface area contributed by atoms with Crippen LogP contribution in [0.3, 0.4) is 0 Å². The van der Waals surface area contributed by atoms with Gasteiger partial charge >= 0.3 is 0 Å². The second kappa shape index (κ2) is 5.44. The molecule has 1 heterocycles. The van der Waals surface area contributed by atoms with Crippen LogP contribution in [-0.2, 0) is 0 Å². The van der Waals surface area contributed by atoms with Gasteiger partial charge in [-0.05, 0) is 31.2 Å². The second-order valence-corrected chi connectivity index (χ2v) is 4.87. The lowest BCUT2D eigenvalue weighted by molar-refractivity contribution is 0.103. The molecule has 0 spiro atoms. The number of carbonyl (C=O) groups is 1. The van der Waals surface area contributed by atoms with Crippen molar-refractivity contribution >= 4 is 5.78 Å². The summed E-state index contributed by atoms with van der Waals surface area (Å²) in [6.45, 7) is 1.63. The number of carbonyl (C=O) groups excluding carboxylic acids is 1. The van der Waals surface area contributed by atoms with Gasteiger partial charge in [0, 0.05) is 5.56 Å². The molecule has 0 aliphatic carbocycles. The van der Waals surface area contributed by atoms with Crippen molar-refractivity contribution in [1.29, 1.82) is 0 Å². The van der Waals surface area contributed by atoms with Crippen LogP contribution >= 0.6 is 0 Å². The molecule has 0 radical (unpaired) electrons. The maximum atomic E-state index is 13.3. The third kappa shape index (κ3) is 2.37. The van der Waals surface area contributed by atoms with Gasteiger partial charge in [-0.25, -0.2) is 9.07 Å². The average Bonchev–Trinajstić information content (AvgIpc) is 2.82. The Morgan fingerprint density at radius 1 is 1.14 bits per heavy atom. The first-order chi connectivity index (χ1) is 10.6. The number of benzene rings is 2. The van der Waals surface area contributed by atoms with Crippen molar-refractivity contribution in [2.45, 2.75) is 6.92 Å². The third-order valence-corrected chi connectivity index (χ3v) is 3.35. The third-order valence-electron chi connectivity index (χ3n) is 3.35. The molecule has 22 heavy (non-hydrogen) atoms. The van der Waals surface area contributed by atoms with Crippen LogP contribution < -0.4 is 0 Å². The molecule has 1 N–H and O–H groups in total. The van der Waals surface area contributed by atoms with E-state index in [2.05, 4.69) is 5.10 Å². The smallest absolute Gasteiger partial charge is 0.225 e. The minimum Gasteiger partial charge on any atom is -0.493 e. The van der Waals surface area contributed by atoms with E-state index in [9.17, 15) is 14.3 Å². The molecule has 0 aliphatic rings. The highest BCUT2D eigenvalue weighted by atomic mass is 19.1. The standard InChI is InChI=1S/C17H13FN2O2/c1-11-15(16(21)12-6-5-7-13(18)10-12)17(22)20(19-11)14-8-3-2-4-9-14/h2-10,22H,1H3. The SMILES string of the molecule is Cc1nn(-c2ccccc2)c(O)c1C(=O)c1cccc(F)c1. The molecule has 0 saturated heterocycles. The predicted octanol–water partition coefficient (Wildman–Crippen LogP) is 3.26. The zero-order chi connectivity index (χ0) is 15.7. The van der Waals surface area contributed by atoms with E-state index < -0.39 is 11.6 Å². The van der Waals surface area contributed by atoms with Crippen molar-refractivity contribution in [2.24, 2.45) is 0 Å². The molecule has 0 fully saturated rings. The second-order valence-electron chi connectivity index (χ2n) is 4.87. The Morgan fingerprint density at radius 2 is 1.86 bits per heavy atom. The molecule has 4 nitrogen and oxygen atoms in total. The average molecular weight is 296 g/mol. The minimum absolute atomic E-state index is 0.0782. The number of ketones is 1. The van der Waals surface area contributed by atoms with Crippen molar-refractivity contribution in [2.75, 3.05) is 0 Å². The van der Waals surface area contributed by atoms with E-state index in [1.807, 2.05) is 6.07 Å². The maximum absolute atomic E-state index is 13.3. The zero-order valence-electron chi connectivity index (χ0n) is 11.8. The molecule has 0 bridgehead atoms. The van der Waals surface area contributed by atoms with Crippen molar-refractivity contribution in [3.63, 3.8) is 0 Å². The fourth-order valence-electron chi connectivity index (χ4n) is 2.30. The van der Waals surface area contributed by atoms with Gasteiger partial charge in [0.2, 0.25) is 5.88 Å². The first kappa shape index (κ1) is 14.0. The molecule has 0 amide bonds. The van der Waals surface area contributed by atoms with E-state index in [0.717, 1.165) is 6.07 Å². The van der Waals surface area contributed by atoms with Crippen LogP contribution in [-0.4, -0.2) is 20.7 Å². The van der Waals surface area contributed by atoms with E-state index >= 15 is 0 Å². The highest BCUT2D eigenvalue weighted by Gasteiger charge is 2.23. The van der Waals surface area contributed by atoms with Gasteiger partial charge in [-0.1, -0.05) is 30.3 Å². The number of aryl methyl sites for hydroxylation is 1. The van der Waals surface area contributed by atoms with Gasteiger partial charge in [-0.2, -0.15) is 5.10 Å². The van der Waals surface area contributed by atoms with Crippen LogP contribution in [0.2, 0.25) is 0 Å². The van der Waals surface area contributed by atoms with Gasteiger partial charge in [0.25, 0.3) is 0 Å². The van der Waals surface area contributed by atoms with Gasteiger partial charge in [-0.3, -0.25) is 4.79 Å². The number of nitrogens with zero attached hydrogens (tertiary/aromatic N) is 2. The van der Waals surface area contributed by atoms with Gasteiger partial charge in [-0.15, -0.1) is 0 Å². The summed E-state index contributed by atoms with van der Waals surface area (Å²) in [4.78, 5) is 12.5. The Bertz CT molecular complexity index is 841. The van der Waals surface area contributed by atoms with E-state index in [-0.39, 0.29) is 17.0 Å². The van der Waals surface area contributed by atoms with E-state index in [4.69, 9.17) is 0 Å². The summed E-state index contributed by atoms with van der Waals surface area (Å²) in [5.74, 6) is -1.21. The minimum atomic E-state index is -0.501. The molecule has 0 saturated carbocycles. The van der Waals surface area contributed by atoms with Gasteiger partial charge < -0.3 is 5.11 Å². The first-order valence-corrected chi connectivity index (χ1v) is 6.72. The Morgan fingerprint density at radius 3 is 2.55 bits per heavy atom. The largest absolute Gasteiger partial charge is 0.493 e. The lowest BCUT2D eigenvalue weighted by Gasteiger charge is -2.03. The predicted molar refractivity (Wildman–Crippen MR) is 79.8 cm³/mol. The van der Waals surface area contributed by atoms with E-state index in [1.54, 1.807) is 31.2 Å².